The zero-order chi connectivity index (χ0) is 12.9. The molecule has 1 atom stereocenters. The van der Waals surface area contributed by atoms with E-state index in [1.54, 1.807) is 19.1 Å². The van der Waals surface area contributed by atoms with Crippen LogP contribution in [-0.2, 0) is 16.4 Å². The number of alkyl halides is 1. The van der Waals surface area contributed by atoms with Gasteiger partial charge in [-0.3, -0.25) is 0 Å². The third-order valence-electron chi connectivity index (χ3n) is 2.33. The summed E-state index contributed by atoms with van der Waals surface area (Å²) in [5, 5.41) is -0.218. The molecule has 0 bridgehead atoms. The fourth-order valence-corrected chi connectivity index (χ4v) is 2.73. The molecule has 0 saturated carbocycles. The number of nitrogens with one attached hydrogen (secondary N) is 1. The first-order chi connectivity index (χ1) is 7.95. The van der Waals surface area contributed by atoms with Gasteiger partial charge in [-0.1, -0.05) is 25.5 Å². The van der Waals surface area contributed by atoms with Crippen LogP contribution >= 0.6 is 11.6 Å². The van der Waals surface area contributed by atoms with Crippen LogP contribution in [0.25, 0.3) is 0 Å². The lowest BCUT2D eigenvalue weighted by Gasteiger charge is -2.08. The summed E-state index contributed by atoms with van der Waals surface area (Å²) in [5.41, 5.74) is 1.15. The Morgan fingerprint density at radius 3 is 2.35 bits per heavy atom. The monoisotopic (exact) mass is 275 g/mol. The van der Waals surface area contributed by atoms with Crippen LogP contribution in [0.15, 0.2) is 29.2 Å². The van der Waals surface area contributed by atoms with Crippen molar-refractivity contribution in [2.24, 2.45) is 0 Å². The highest BCUT2D eigenvalue weighted by atomic mass is 35.5. The van der Waals surface area contributed by atoms with Crippen molar-refractivity contribution in [1.29, 1.82) is 0 Å². The van der Waals surface area contributed by atoms with Crippen LogP contribution in [0.2, 0.25) is 0 Å². The minimum absolute atomic E-state index is 0.218. The number of benzene rings is 1. The van der Waals surface area contributed by atoms with Crippen molar-refractivity contribution in [3.8, 4) is 0 Å². The lowest BCUT2D eigenvalue weighted by atomic mass is 10.1. The summed E-state index contributed by atoms with van der Waals surface area (Å²) in [6, 6.07) is 6.96. The van der Waals surface area contributed by atoms with Crippen LogP contribution in [0.1, 0.15) is 25.8 Å². The van der Waals surface area contributed by atoms with Gasteiger partial charge in [0.1, 0.15) is 0 Å². The Kier molecular flexibility index (Phi) is 5.43. The Balaban J connectivity index is 2.77. The first kappa shape index (κ1) is 14.5. The molecule has 0 aliphatic rings. The van der Waals surface area contributed by atoms with Crippen molar-refractivity contribution < 1.29 is 8.42 Å². The van der Waals surface area contributed by atoms with Gasteiger partial charge in [-0.25, -0.2) is 13.1 Å². The number of hydrogen-bond acceptors (Lipinski definition) is 2. The average Bonchev–Trinajstić information content (AvgIpc) is 2.28. The van der Waals surface area contributed by atoms with E-state index in [4.69, 9.17) is 11.6 Å². The first-order valence-electron chi connectivity index (χ1n) is 5.68. The van der Waals surface area contributed by atoms with E-state index in [1.807, 2.05) is 12.1 Å². The SMILES string of the molecule is CCCc1ccc(S(=O)(=O)NCC(C)Cl)cc1. The number of sulfonamides is 1. The van der Waals surface area contributed by atoms with Crippen LogP contribution < -0.4 is 4.72 Å². The second-order valence-electron chi connectivity index (χ2n) is 4.03. The van der Waals surface area contributed by atoms with E-state index in [1.165, 1.54) is 0 Å². The molecule has 0 amide bonds. The third-order valence-corrected chi connectivity index (χ3v) is 3.92. The second-order valence-corrected chi connectivity index (χ2v) is 6.54. The molecule has 0 saturated heterocycles. The molecule has 5 heteroatoms. The summed E-state index contributed by atoms with van der Waals surface area (Å²) in [7, 11) is -3.42. The summed E-state index contributed by atoms with van der Waals surface area (Å²) in [4.78, 5) is 0.287. The lowest BCUT2D eigenvalue weighted by molar-refractivity contribution is 0.581. The minimum Gasteiger partial charge on any atom is -0.210 e. The Bertz CT molecular complexity index is 440. The maximum absolute atomic E-state index is 11.8. The summed E-state index contributed by atoms with van der Waals surface area (Å²) in [5.74, 6) is 0. The predicted molar refractivity (Wildman–Crippen MR) is 70.9 cm³/mol. The predicted octanol–water partition coefficient (Wildman–Crippen LogP) is 2.54. The molecule has 1 unspecified atom stereocenters. The molecule has 17 heavy (non-hydrogen) atoms. The maximum Gasteiger partial charge on any atom is 0.240 e. The topological polar surface area (TPSA) is 46.2 Å². The number of hydrogen-bond donors (Lipinski definition) is 1. The molecule has 0 spiro atoms. The number of aryl methyl sites for hydroxylation is 1. The first-order valence-corrected chi connectivity index (χ1v) is 7.60. The van der Waals surface area contributed by atoms with Crippen LogP contribution in [0.4, 0.5) is 0 Å². The van der Waals surface area contributed by atoms with Crippen LogP contribution in [0.3, 0.4) is 0 Å². The summed E-state index contributed by atoms with van der Waals surface area (Å²) < 4.78 is 26.1. The van der Waals surface area contributed by atoms with Gasteiger partial charge >= 0.3 is 0 Å². The number of halogens is 1. The summed E-state index contributed by atoms with van der Waals surface area (Å²) >= 11 is 5.71. The zero-order valence-corrected chi connectivity index (χ0v) is 11.7. The molecular weight excluding hydrogens is 258 g/mol. The van der Waals surface area contributed by atoms with Crippen LogP contribution in [-0.4, -0.2) is 20.3 Å². The molecule has 0 radical (unpaired) electrons. The Morgan fingerprint density at radius 1 is 1.29 bits per heavy atom. The Labute approximate surface area is 108 Å². The van der Waals surface area contributed by atoms with Crippen molar-refractivity contribution >= 4 is 21.6 Å². The standard InChI is InChI=1S/C12H18ClNO2S/c1-3-4-11-5-7-12(8-6-11)17(15,16)14-9-10(2)13/h5-8,10,14H,3-4,9H2,1-2H3. The van der Waals surface area contributed by atoms with Gasteiger partial charge in [0.2, 0.25) is 10.0 Å². The highest BCUT2D eigenvalue weighted by Crippen LogP contribution is 2.12. The van der Waals surface area contributed by atoms with Crippen molar-refractivity contribution in [2.75, 3.05) is 6.54 Å². The molecule has 0 aliphatic heterocycles. The van der Waals surface area contributed by atoms with Gasteiger partial charge in [0.05, 0.1) is 4.90 Å². The highest BCUT2D eigenvalue weighted by Gasteiger charge is 2.13. The quantitative estimate of drug-likeness (QED) is 0.811. The van der Waals surface area contributed by atoms with E-state index in [0.717, 1.165) is 18.4 Å². The molecule has 0 fully saturated rings. The van der Waals surface area contributed by atoms with Crippen molar-refractivity contribution in [1.82, 2.24) is 4.72 Å². The molecule has 1 N–H and O–H groups in total. The van der Waals surface area contributed by atoms with Gasteiger partial charge < -0.3 is 0 Å². The normalized spacial score (nSPS) is 13.6. The smallest absolute Gasteiger partial charge is 0.210 e. The molecule has 1 rings (SSSR count). The van der Waals surface area contributed by atoms with E-state index < -0.39 is 10.0 Å². The van der Waals surface area contributed by atoms with Gasteiger partial charge in [-0.15, -0.1) is 11.6 Å². The molecule has 96 valence electrons. The Morgan fingerprint density at radius 2 is 1.88 bits per heavy atom. The largest absolute Gasteiger partial charge is 0.240 e. The molecule has 3 nitrogen and oxygen atoms in total. The lowest BCUT2D eigenvalue weighted by Crippen LogP contribution is -2.28. The van der Waals surface area contributed by atoms with E-state index in [9.17, 15) is 8.42 Å². The van der Waals surface area contributed by atoms with Crippen LogP contribution in [0, 0.1) is 0 Å². The van der Waals surface area contributed by atoms with Crippen LogP contribution in [0.5, 0.6) is 0 Å². The molecule has 1 aromatic rings. The van der Waals surface area contributed by atoms with Gasteiger partial charge in [-0.2, -0.15) is 0 Å². The van der Waals surface area contributed by atoms with Gasteiger partial charge in [0.15, 0.2) is 0 Å². The summed E-state index contributed by atoms with van der Waals surface area (Å²) in [6.45, 7) is 4.07. The highest BCUT2D eigenvalue weighted by molar-refractivity contribution is 7.89. The fourth-order valence-electron chi connectivity index (χ4n) is 1.43. The van der Waals surface area contributed by atoms with E-state index in [2.05, 4.69) is 11.6 Å². The second kappa shape index (κ2) is 6.38. The molecule has 1 aromatic carbocycles. The van der Waals surface area contributed by atoms with Gasteiger partial charge in [0.25, 0.3) is 0 Å². The molecular formula is C12H18ClNO2S. The third kappa shape index (κ3) is 4.66. The van der Waals surface area contributed by atoms with E-state index in [-0.39, 0.29) is 16.8 Å². The minimum atomic E-state index is -3.42. The van der Waals surface area contributed by atoms with E-state index >= 15 is 0 Å². The maximum atomic E-state index is 11.8. The fraction of sp³-hybridized carbons (Fsp3) is 0.500. The Hall–Kier alpha value is -0.580. The van der Waals surface area contributed by atoms with Gasteiger partial charge in [-0.05, 0) is 31.0 Å². The average molecular weight is 276 g/mol. The van der Waals surface area contributed by atoms with Gasteiger partial charge in [0, 0.05) is 11.9 Å². The molecule has 0 aliphatic carbocycles. The van der Waals surface area contributed by atoms with Crippen molar-refractivity contribution in [3.63, 3.8) is 0 Å². The zero-order valence-electron chi connectivity index (χ0n) is 10.1. The number of rotatable bonds is 6. The summed E-state index contributed by atoms with van der Waals surface area (Å²) in [6.07, 6.45) is 2.01. The van der Waals surface area contributed by atoms with Crippen molar-refractivity contribution in [2.45, 2.75) is 37.0 Å². The molecule has 0 heterocycles. The van der Waals surface area contributed by atoms with Crippen molar-refractivity contribution in [3.05, 3.63) is 29.8 Å². The van der Waals surface area contributed by atoms with E-state index in [0.29, 0.717) is 0 Å². The molecule has 0 aromatic heterocycles.